The molecule has 5 aromatic rings. The molecule has 0 aliphatic heterocycles. The Hall–Kier alpha value is -6.12. The van der Waals surface area contributed by atoms with Gasteiger partial charge >= 0.3 is 11.9 Å². The zero-order valence-corrected chi connectivity index (χ0v) is 33.1. The van der Waals surface area contributed by atoms with Gasteiger partial charge in [0, 0.05) is 23.7 Å². The van der Waals surface area contributed by atoms with Crippen molar-refractivity contribution in [2.24, 2.45) is 11.8 Å². The number of hydrogen-bond donors (Lipinski definition) is 3. The number of anilines is 2. The third kappa shape index (κ3) is 10.7. The summed E-state index contributed by atoms with van der Waals surface area (Å²) < 4.78 is 43.7. The monoisotopic (exact) mass is 806 g/mol. The number of allylic oxidation sites excluding steroid dienone is 2. The Kier molecular flexibility index (Phi) is 14.4. The molecule has 308 valence electrons. The van der Waals surface area contributed by atoms with Gasteiger partial charge in [0.05, 0.1) is 62.3 Å². The highest BCUT2D eigenvalue weighted by atomic mass is 19.1. The van der Waals surface area contributed by atoms with Gasteiger partial charge in [-0.2, -0.15) is 0 Å². The first-order chi connectivity index (χ1) is 28.6. The van der Waals surface area contributed by atoms with Crippen LogP contribution in [0.2, 0.25) is 0 Å². The Labute approximate surface area is 341 Å². The van der Waals surface area contributed by atoms with E-state index in [0.717, 1.165) is 61.9 Å². The summed E-state index contributed by atoms with van der Waals surface area (Å²) in [6.07, 6.45) is 12.0. The number of methoxy groups -OCH3 is 2. The fourth-order valence-electron chi connectivity index (χ4n) is 7.29. The van der Waals surface area contributed by atoms with Crippen LogP contribution in [-0.2, 0) is 20.8 Å². The number of halogens is 2. The Bertz CT molecular complexity index is 2280. The number of esters is 2. The summed E-state index contributed by atoms with van der Waals surface area (Å²) in [7, 11) is 2.41. The van der Waals surface area contributed by atoms with Crippen LogP contribution in [0.1, 0.15) is 88.5 Å². The third-order valence-electron chi connectivity index (χ3n) is 10.8. The lowest BCUT2D eigenvalue weighted by Crippen LogP contribution is -2.17. The number of carbonyl (C=O) groups excluding carboxylic acids is 2. The van der Waals surface area contributed by atoms with Gasteiger partial charge in [0.15, 0.2) is 0 Å². The molecule has 2 heterocycles. The molecule has 2 aliphatic carbocycles. The maximum absolute atomic E-state index is 14.4. The average Bonchev–Trinajstić information content (AvgIpc) is 3.27. The van der Waals surface area contributed by atoms with Crippen molar-refractivity contribution in [2.45, 2.75) is 57.5 Å². The van der Waals surface area contributed by atoms with Crippen LogP contribution in [0.4, 0.5) is 20.4 Å². The second-order valence-corrected chi connectivity index (χ2v) is 14.7. The van der Waals surface area contributed by atoms with Crippen LogP contribution in [0.25, 0.3) is 28.1 Å². The van der Waals surface area contributed by atoms with Crippen molar-refractivity contribution in [3.8, 4) is 22.5 Å². The van der Waals surface area contributed by atoms with Crippen molar-refractivity contribution >= 4 is 29.1 Å². The molecule has 14 heteroatoms. The first-order valence-electron chi connectivity index (χ1n) is 19.5. The topological polar surface area (TPSA) is 186 Å². The maximum atomic E-state index is 14.4. The number of aliphatic hydroxyl groups excluding tert-OH is 1. The lowest BCUT2D eigenvalue weighted by molar-refractivity contribution is 0.0586. The van der Waals surface area contributed by atoms with Gasteiger partial charge < -0.3 is 30.8 Å². The highest BCUT2D eigenvalue weighted by Gasteiger charge is 2.25. The maximum Gasteiger partial charge on any atom is 0.340 e. The van der Waals surface area contributed by atoms with Crippen molar-refractivity contribution in [2.75, 3.05) is 38.9 Å². The van der Waals surface area contributed by atoms with Crippen LogP contribution >= 0.6 is 0 Å². The van der Waals surface area contributed by atoms with Gasteiger partial charge in [-0.15, -0.1) is 0 Å². The molecule has 59 heavy (non-hydrogen) atoms. The van der Waals surface area contributed by atoms with Crippen molar-refractivity contribution in [1.82, 2.24) is 19.9 Å². The number of nitrogens with zero attached hydrogens (tertiary/aromatic N) is 4. The predicted octanol–water partition coefficient (Wildman–Crippen LogP) is 7.97. The number of rotatable bonds is 11. The fraction of sp³-hybridized carbons (Fsp3) is 0.333. The first-order valence-corrected chi connectivity index (χ1v) is 19.5. The van der Waals surface area contributed by atoms with E-state index in [2.05, 4.69) is 47.6 Å². The average molecular weight is 807 g/mol. The molecule has 1 unspecified atom stereocenters. The zero-order valence-electron chi connectivity index (χ0n) is 33.1. The van der Waals surface area contributed by atoms with Gasteiger partial charge in [-0.05, 0) is 92.2 Å². The van der Waals surface area contributed by atoms with Crippen molar-refractivity contribution < 1.29 is 37.7 Å². The Morgan fingerprint density at radius 2 is 1.36 bits per heavy atom. The number of nitrogens with two attached hydrogens (primary N) is 2. The van der Waals surface area contributed by atoms with Crippen LogP contribution in [-0.4, -0.2) is 64.4 Å². The van der Waals surface area contributed by atoms with Gasteiger partial charge in [0.25, 0.3) is 0 Å². The van der Waals surface area contributed by atoms with Gasteiger partial charge in [-0.1, -0.05) is 48.5 Å². The number of ether oxygens (including phenoxy) is 3. The largest absolute Gasteiger partial charge is 0.465 e. The lowest BCUT2D eigenvalue weighted by atomic mass is 9.81. The molecule has 0 saturated heterocycles. The summed E-state index contributed by atoms with van der Waals surface area (Å²) in [6.45, 7) is 1.55. The van der Waals surface area contributed by atoms with Crippen LogP contribution in [0, 0.1) is 23.5 Å². The predicted molar refractivity (Wildman–Crippen MR) is 220 cm³/mol. The molecular formula is C45H48F2N6O6. The molecule has 2 aliphatic rings. The second-order valence-electron chi connectivity index (χ2n) is 14.7. The van der Waals surface area contributed by atoms with E-state index in [0.29, 0.717) is 47.6 Å². The number of hydrogen-bond acceptors (Lipinski definition) is 12. The van der Waals surface area contributed by atoms with Crippen LogP contribution in [0.3, 0.4) is 0 Å². The molecule has 3 aromatic carbocycles. The van der Waals surface area contributed by atoms with E-state index in [1.54, 1.807) is 24.5 Å². The molecule has 2 aromatic heterocycles. The molecule has 5 N–H and O–H groups in total. The Balaban J connectivity index is 0.000000204. The van der Waals surface area contributed by atoms with E-state index >= 15 is 0 Å². The molecule has 0 bridgehead atoms. The second kappa shape index (κ2) is 20.0. The highest BCUT2D eigenvalue weighted by molar-refractivity contribution is 5.91. The third-order valence-corrected chi connectivity index (χ3v) is 10.8. The molecule has 1 saturated carbocycles. The van der Waals surface area contributed by atoms with E-state index in [9.17, 15) is 23.5 Å². The first kappa shape index (κ1) is 42.5. The molecular weight excluding hydrogens is 759 g/mol. The molecule has 0 spiro atoms. The van der Waals surface area contributed by atoms with E-state index in [1.807, 2.05) is 18.2 Å². The quantitative estimate of drug-likeness (QED) is 0.110. The number of aromatic nitrogens is 4. The van der Waals surface area contributed by atoms with E-state index in [1.165, 1.54) is 44.0 Å². The summed E-state index contributed by atoms with van der Waals surface area (Å²) in [6, 6.07) is 18.5. The standard InChI is InChI=1S/C26H26FN3O3.C19H22FN3O3/c1-32-26(31)21-12-11-20(13-22(21)27)24-25(28)29-14-23(30-24)19-9-7-18(8-10-19)16-33-15-17-5-3-2-4-6-17;1-26-19(25)14-7-6-13(8-15(14)20)17-18(21)22-9-16(23-17)12-4-2-11(10-24)3-5-12/h2-6,9,11-14,18H,7-8,10,15-16H2,1H3,(H2,28,29);6-9,11-12,24H,2-5,10H2,1H3,(H2,21,22). The summed E-state index contributed by atoms with van der Waals surface area (Å²) in [4.78, 5) is 40.9. The summed E-state index contributed by atoms with van der Waals surface area (Å²) >= 11 is 0. The normalized spacial score (nSPS) is 17.6. The van der Waals surface area contributed by atoms with Crippen molar-refractivity contribution in [3.05, 3.63) is 125 Å². The number of benzene rings is 3. The number of aliphatic hydroxyl groups is 1. The van der Waals surface area contributed by atoms with E-state index in [-0.39, 0.29) is 35.3 Å². The summed E-state index contributed by atoms with van der Waals surface area (Å²) in [5.41, 5.74) is 17.2. The fourth-order valence-corrected chi connectivity index (χ4v) is 7.29. The zero-order chi connectivity index (χ0) is 41.9. The van der Waals surface area contributed by atoms with Gasteiger partial charge in [0.1, 0.15) is 34.7 Å². The van der Waals surface area contributed by atoms with Gasteiger partial charge in [-0.25, -0.2) is 38.3 Å². The molecule has 0 radical (unpaired) electrons. The Morgan fingerprint density at radius 3 is 1.90 bits per heavy atom. The van der Waals surface area contributed by atoms with Gasteiger partial charge in [-0.3, -0.25) is 0 Å². The minimum absolute atomic E-state index is 0.138. The van der Waals surface area contributed by atoms with E-state index in [4.69, 9.17) is 16.2 Å². The molecule has 1 atom stereocenters. The summed E-state index contributed by atoms with van der Waals surface area (Å²) in [5, 5.41) is 9.27. The molecule has 1 fully saturated rings. The molecule has 12 nitrogen and oxygen atoms in total. The smallest absolute Gasteiger partial charge is 0.340 e. The number of carbonyl (C=O) groups is 2. The van der Waals surface area contributed by atoms with Crippen molar-refractivity contribution in [1.29, 1.82) is 0 Å². The van der Waals surface area contributed by atoms with Crippen LogP contribution in [0.5, 0.6) is 0 Å². The molecule has 0 amide bonds. The van der Waals surface area contributed by atoms with Crippen molar-refractivity contribution in [3.63, 3.8) is 0 Å². The molecule has 7 rings (SSSR count). The lowest BCUT2D eigenvalue weighted by Gasteiger charge is -2.27. The SMILES string of the molecule is COC(=O)c1ccc(-c2nc(C3=CCC(COCc4ccccc4)CC3)cnc2N)cc1F.COC(=O)c1ccc(-c2nc(C3CCC(CO)CC3)cnc2N)cc1F. The highest BCUT2D eigenvalue weighted by Crippen LogP contribution is 2.36. The summed E-state index contributed by atoms with van der Waals surface area (Å²) in [5.74, 6) is -1.37. The van der Waals surface area contributed by atoms with E-state index < -0.39 is 23.6 Å². The van der Waals surface area contributed by atoms with Crippen LogP contribution < -0.4 is 11.5 Å². The minimum atomic E-state index is -0.735. The number of nitrogen functional groups attached to an aromatic ring is 2. The van der Waals surface area contributed by atoms with Gasteiger partial charge in [0.2, 0.25) is 0 Å². The minimum Gasteiger partial charge on any atom is -0.465 e. The van der Waals surface area contributed by atoms with Crippen LogP contribution in [0.15, 0.2) is 85.2 Å². The Morgan fingerprint density at radius 1 is 0.763 bits per heavy atom.